The van der Waals surface area contributed by atoms with Crippen LogP contribution in [0.4, 0.5) is 5.69 Å². The van der Waals surface area contributed by atoms with E-state index in [9.17, 15) is 9.59 Å². The third-order valence-electron chi connectivity index (χ3n) is 4.11. The molecule has 1 heterocycles. The first kappa shape index (κ1) is 15.7. The molecule has 1 aromatic carbocycles. The summed E-state index contributed by atoms with van der Waals surface area (Å²) in [7, 11) is 0. The van der Waals surface area contributed by atoms with Crippen molar-refractivity contribution in [3.8, 4) is 0 Å². The Bertz CT molecular complexity index is 731. The number of hydrogen-bond acceptors (Lipinski definition) is 4. The summed E-state index contributed by atoms with van der Waals surface area (Å²) in [6, 6.07) is 6.13. The second-order valence-corrected chi connectivity index (χ2v) is 6.82. The molecule has 2 aromatic rings. The molecule has 1 saturated carbocycles. The van der Waals surface area contributed by atoms with E-state index >= 15 is 0 Å². The van der Waals surface area contributed by atoms with Crippen LogP contribution >= 0.6 is 11.3 Å². The largest absolute Gasteiger partial charge is 0.478 e. The molecule has 0 spiro atoms. The van der Waals surface area contributed by atoms with Gasteiger partial charge in [0.15, 0.2) is 0 Å². The lowest BCUT2D eigenvalue weighted by Crippen LogP contribution is -2.11. The Kier molecular flexibility index (Phi) is 4.43. The Morgan fingerprint density at radius 1 is 1.22 bits per heavy atom. The number of nitrogens with zero attached hydrogens (tertiary/aromatic N) is 1. The van der Waals surface area contributed by atoms with Crippen LogP contribution in [0.1, 0.15) is 62.3 Å². The van der Waals surface area contributed by atoms with Crippen LogP contribution in [0.25, 0.3) is 0 Å². The average Bonchev–Trinajstić information content (AvgIpc) is 3.16. The topological polar surface area (TPSA) is 79.3 Å². The molecule has 0 saturated heterocycles. The van der Waals surface area contributed by atoms with Crippen molar-refractivity contribution in [1.82, 2.24) is 4.98 Å². The van der Waals surface area contributed by atoms with E-state index in [-0.39, 0.29) is 11.5 Å². The number of amides is 1. The van der Waals surface area contributed by atoms with E-state index in [4.69, 9.17) is 5.11 Å². The van der Waals surface area contributed by atoms with E-state index in [0.717, 1.165) is 23.5 Å². The summed E-state index contributed by atoms with van der Waals surface area (Å²) in [5, 5.41) is 12.8. The van der Waals surface area contributed by atoms with Crippen LogP contribution in [0.3, 0.4) is 0 Å². The van der Waals surface area contributed by atoms with Gasteiger partial charge < -0.3 is 10.4 Å². The molecule has 0 radical (unpaired) electrons. The number of nitrogens with one attached hydrogen (secondary N) is 1. The van der Waals surface area contributed by atoms with Gasteiger partial charge in [-0.25, -0.2) is 9.78 Å². The van der Waals surface area contributed by atoms with Crippen molar-refractivity contribution >= 4 is 28.9 Å². The maximum Gasteiger partial charge on any atom is 0.335 e. The molecule has 1 aromatic heterocycles. The molecule has 1 aliphatic carbocycles. The van der Waals surface area contributed by atoms with Crippen molar-refractivity contribution in [3.63, 3.8) is 0 Å². The fraction of sp³-hybridized carbons (Fsp3) is 0.353. The van der Waals surface area contributed by atoms with Gasteiger partial charge in [0.25, 0.3) is 5.91 Å². The van der Waals surface area contributed by atoms with Gasteiger partial charge in [-0.05, 0) is 44.0 Å². The van der Waals surface area contributed by atoms with Crippen LogP contribution in [-0.2, 0) is 0 Å². The summed E-state index contributed by atoms with van der Waals surface area (Å²) in [6.07, 6.45) is 4.79. The van der Waals surface area contributed by atoms with Gasteiger partial charge in [-0.3, -0.25) is 4.79 Å². The minimum atomic E-state index is -0.984. The third kappa shape index (κ3) is 3.42. The van der Waals surface area contributed by atoms with Crippen molar-refractivity contribution in [2.75, 3.05) is 5.32 Å². The molecule has 1 amide bonds. The molecule has 6 heteroatoms. The number of benzene rings is 1. The molecule has 5 nitrogen and oxygen atoms in total. The molecule has 23 heavy (non-hydrogen) atoms. The first-order chi connectivity index (χ1) is 11.0. The highest BCUT2D eigenvalue weighted by atomic mass is 32.1. The van der Waals surface area contributed by atoms with Crippen molar-refractivity contribution in [1.29, 1.82) is 0 Å². The maximum atomic E-state index is 12.4. The smallest absolute Gasteiger partial charge is 0.335 e. The van der Waals surface area contributed by atoms with E-state index in [1.807, 2.05) is 6.92 Å². The fourth-order valence-corrected chi connectivity index (χ4v) is 3.99. The molecule has 120 valence electrons. The van der Waals surface area contributed by atoms with Crippen LogP contribution in [-0.4, -0.2) is 22.0 Å². The van der Waals surface area contributed by atoms with Crippen molar-refractivity contribution in [2.24, 2.45) is 0 Å². The predicted octanol–water partition coefficient (Wildman–Crippen LogP) is 4.06. The number of anilines is 1. The summed E-state index contributed by atoms with van der Waals surface area (Å²) in [5.74, 6) is -0.676. The minimum Gasteiger partial charge on any atom is -0.478 e. The summed E-state index contributed by atoms with van der Waals surface area (Å²) in [6.45, 7) is 1.86. The first-order valence-electron chi connectivity index (χ1n) is 7.66. The number of hydrogen-bond donors (Lipinski definition) is 2. The van der Waals surface area contributed by atoms with Crippen molar-refractivity contribution < 1.29 is 14.7 Å². The summed E-state index contributed by atoms with van der Waals surface area (Å²) in [5.41, 5.74) is 1.53. The molecule has 2 N–H and O–H groups in total. The Hall–Kier alpha value is -2.21. The third-order valence-corrected chi connectivity index (χ3v) is 5.43. The Labute approximate surface area is 138 Å². The highest BCUT2D eigenvalue weighted by molar-refractivity contribution is 7.14. The number of aryl methyl sites for hydroxylation is 1. The SMILES string of the molecule is Cc1nc(C2CCCC2)sc1C(=O)Nc1ccc(C(=O)O)cc1. The molecular formula is C17H18N2O3S. The zero-order valence-corrected chi connectivity index (χ0v) is 13.7. The second kappa shape index (κ2) is 6.50. The number of aromatic carboxylic acids is 1. The fourth-order valence-electron chi connectivity index (χ4n) is 2.86. The van der Waals surface area contributed by atoms with Crippen molar-refractivity contribution in [3.05, 3.63) is 45.4 Å². The number of rotatable bonds is 4. The highest BCUT2D eigenvalue weighted by Crippen LogP contribution is 2.37. The predicted molar refractivity (Wildman–Crippen MR) is 89.4 cm³/mol. The van der Waals surface area contributed by atoms with E-state index in [0.29, 0.717) is 16.5 Å². The number of thiazole rings is 1. The van der Waals surface area contributed by atoms with Gasteiger partial charge in [0.05, 0.1) is 16.3 Å². The van der Waals surface area contributed by atoms with E-state index in [1.54, 1.807) is 12.1 Å². The molecule has 3 rings (SSSR count). The quantitative estimate of drug-likeness (QED) is 0.886. The zero-order valence-electron chi connectivity index (χ0n) is 12.8. The maximum absolute atomic E-state index is 12.4. The normalized spacial score (nSPS) is 14.8. The number of carbonyl (C=O) groups excluding carboxylic acids is 1. The van der Waals surface area contributed by atoms with Gasteiger partial charge in [0.2, 0.25) is 0 Å². The number of aromatic nitrogens is 1. The molecule has 1 aliphatic rings. The van der Waals surface area contributed by atoms with Gasteiger partial charge in [-0.2, -0.15) is 0 Å². The molecule has 1 fully saturated rings. The highest BCUT2D eigenvalue weighted by Gasteiger charge is 2.23. The Balaban J connectivity index is 1.73. The molecule has 0 unspecified atom stereocenters. The van der Waals surface area contributed by atoms with Crippen molar-refractivity contribution in [2.45, 2.75) is 38.5 Å². The number of carboxylic acid groups (broad SMARTS) is 1. The summed E-state index contributed by atoms with van der Waals surface area (Å²) in [4.78, 5) is 28.5. The number of carboxylic acids is 1. The standard InChI is InChI=1S/C17H18N2O3S/c1-10-14(23-16(18-10)11-4-2-3-5-11)15(20)19-13-8-6-12(7-9-13)17(21)22/h6-9,11H,2-5H2,1H3,(H,19,20)(H,21,22). The van der Waals surface area contributed by atoms with E-state index in [2.05, 4.69) is 10.3 Å². The molecule has 0 bridgehead atoms. The lowest BCUT2D eigenvalue weighted by Gasteiger charge is -2.04. The van der Waals surface area contributed by atoms with Gasteiger partial charge >= 0.3 is 5.97 Å². The lowest BCUT2D eigenvalue weighted by molar-refractivity contribution is 0.0696. The Morgan fingerprint density at radius 2 is 1.87 bits per heavy atom. The molecular weight excluding hydrogens is 312 g/mol. The van der Waals surface area contributed by atoms with Gasteiger partial charge in [0, 0.05) is 11.6 Å². The van der Waals surface area contributed by atoms with Gasteiger partial charge in [-0.15, -0.1) is 11.3 Å². The summed E-state index contributed by atoms with van der Waals surface area (Å²) >= 11 is 1.47. The molecule has 0 atom stereocenters. The van der Waals surface area contributed by atoms with Crippen LogP contribution in [0.5, 0.6) is 0 Å². The lowest BCUT2D eigenvalue weighted by atomic mass is 10.1. The average molecular weight is 330 g/mol. The van der Waals surface area contributed by atoms with Crippen LogP contribution in [0.2, 0.25) is 0 Å². The molecule has 0 aliphatic heterocycles. The van der Waals surface area contributed by atoms with Crippen LogP contribution < -0.4 is 5.32 Å². The van der Waals surface area contributed by atoms with E-state index in [1.165, 1.54) is 36.3 Å². The van der Waals surface area contributed by atoms with Gasteiger partial charge in [-0.1, -0.05) is 12.8 Å². The first-order valence-corrected chi connectivity index (χ1v) is 8.48. The van der Waals surface area contributed by atoms with Crippen LogP contribution in [0.15, 0.2) is 24.3 Å². The summed E-state index contributed by atoms with van der Waals surface area (Å²) < 4.78 is 0. The van der Waals surface area contributed by atoms with E-state index < -0.39 is 5.97 Å². The Morgan fingerprint density at radius 3 is 2.48 bits per heavy atom. The second-order valence-electron chi connectivity index (χ2n) is 5.78. The minimum absolute atomic E-state index is 0.188. The van der Waals surface area contributed by atoms with Gasteiger partial charge in [0.1, 0.15) is 4.88 Å². The van der Waals surface area contributed by atoms with Crippen LogP contribution in [0, 0.1) is 6.92 Å². The number of carbonyl (C=O) groups is 2. The zero-order chi connectivity index (χ0) is 16.4. The monoisotopic (exact) mass is 330 g/mol.